The topological polar surface area (TPSA) is 32.3 Å². The van der Waals surface area contributed by atoms with Gasteiger partial charge in [-0.25, -0.2) is 5.01 Å². The number of carbonyl (C=O) groups excluding carboxylic acids is 1. The van der Waals surface area contributed by atoms with Crippen molar-refractivity contribution in [1.29, 1.82) is 0 Å². The number of carbonyl (C=O) groups is 1. The molecule has 3 nitrogen and oxygen atoms in total. The maximum absolute atomic E-state index is 11.4. The summed E-state index contributed by atoms with van der Waals surface area (Å²) < 4.78 is 0. The second-order valence-corrected chi connectivity index (χ2v) is 3.85. The number of hydrogen-bond acceptors (Lipinski definition) is 2. The molecular formula is C9H18N2O. The van der Waals surface area contributed by atoms with Gasteiger partial charge in [0.1, 0.15) is 0 Å². The van der Waals surface area contributed by atoms with Crippen LogP contribution >= 0.6 is 0 Å². The summed E-state index contributed by atoms with van der Waals surface area (Å²) in [6.45, 7) is 2.02. The molecule has 0 bridgehead atoms. The molecule has 1 amide bonds. The minimum absolute atomic E-state index is 0.157. The zero-order chi connectivity index (χ0) is 9.14. The number of nitrogens with one attached hydrogen (secondary N) is 1. The number of hydrogen-bond donors (Lipinski definition) is 1. The van der Waals surface area contributed by atoms with Crippen LogP contribution in [0.4, 0.5) is 0 Å². The third-order valence-electron chi connectivity index (χ3n) is 2.60. The van der Waals surface area contributed by atoms with Crippen molar-refractivity contribution in [3.8, 4) is 0 Å². The highest BCUT2D eigenvalue weighted by atomic mass is 16.2. The van der Waals surface area contributed by atoms with Gasteiger partial charge < -0.3 is 0 Å². The summed E-state index contributed by atoms with van der Waals surface area (Å²) in [5.74, 6) is 0.968. The summed E-state index contributed by atoms with van der Waals surface area (Å²) in [7, 11) is 3.68. The Morgan fingerprint density at radius 2 is 2.08 bits per heavy atom. The van der Waals surface area contributed by atoms with Crippen LogP contribution in [0.15, 0.2) is 0 Å². The van der Waals surface area contributed by atoms with E-state index in [1.54, 1.807) is 5.01 Å². The van der Waals surface area contributed by atoms with E-state index in [-0.39, 0.29) is 11.8 Å². The summed E-state index contributed by atoms with van der Waals surface area (Å²) in [6.07, 6.45) is 3.74. The molecular weight excluding hydrogens is 152 g/mol. The molecule has 0 heterocycles. The first-order valence-corrected chi connectivity index (χ1v) is 4.59. The van der Waals surface area contributed by atoms with Crippen LogP contribution in [0.1, 0.15) is 26.2 Å². The molecule has 1 N–H and O–H groups in total. The lowest BCUT2D eigenvalue weighted by atomic mass is 9.76. The molecule has 1 rings (SSSR count). The average Bonchev–Trinajstić information content (AvgIpc) is 1.81. The first-order chi connectivity index (χ1) is 5.61. The van der Waals surface area contributed by atoms with Gasteiger partial charge in [0.15, 0.2) is 0 Å². The SMILES string of the molecule is CC(C(=O)NN(C)C)C1CCC1. The lowest BCUT2D eigenvalue weighted by Gasteiger charge is -2.31. The molecule has 0 aliphatic heterocycles. The van der Waals surface area contributed by atoms with Crippen molar-refractivity contribution in [3.05, 3.63) is 0 Å². The van der Waals surface area contributed by atoms with Crippen LogP contribution in [-0.2, 0) is 4.79 Å². The van der Waals surface area contributed by atoms with Gasteiger partial charge >= 0.3 is 0 Å². The molecule has 1 aliphatic carbocycles. The molecule has 1 aliphatic rings. The highest BCUT2D eigenvalue weighted by molar-refractivity contribution is 5.78. The molecule has 0 radical (unpaired) electrons. The molecule has 1 unspecified atom stereocenters. The largest absolute Gasteiger partial charge is 0.289 e. The van der Waals surface area contributed by atoms with Crippen molar-refractivity contribution in [1.82, 2.24) is 10.4 Å². The average molecular weight is 170 g/mol. The molecule has 70 valence electrons. The van der Waals surface area contributed by atoms with Crippen molar-refractivity contribution in [2.75, 3.05) is 14.1 Å². The van der Waals surface area contributed by atoms with E-state index in [4.69, 9.17) is 0 Å². The molecule has 0 aromatic heterocycles. The smallest absolute Gasteiger partial charge is 0.237 e. The van der Waals surface area contributed by atoms with Crippen molar-refractivity contribution in [3.63, 3.8) is 0 Å². The van der Waals surface area contributed by atoms with E-state index < -0.39 is 0 Å². The minimum Gasteiger partial charge on any atom is -0.289 e. The Balaban J connectivity index is 2.30. The molecule has 0 aromatic rings. The van der Waals surface area contributed by atoms with Crippen molar-refractivity contribution >= 4 is 5.91 Å². The van der Waals surface area contributed by atoms with Gasteiger partial charge in [0.25, 0.3) is 0 Å². The maximum Gasteiger partial charge on any atom is 0.237 e. The van der Waals surface area contributed by atoms with Gasteiger partial charge in [0, 0.05) is 20.0 Å². The predicted octanol–water partition coefficient (Wildman–Crippen LogP) is 1.02. The Morgan fingerprint density at radius 3 is 2.42 bits per heavy atom. The van der Waals surface area contributed by atoms with Gasteiger partial charge in [-0.1, -0.05) is 13.3 Å². The van der Waals surface area contributed by atoms with Crippen LogP contribution in [0, 0.1) is 11.8 Å². The van der Waals surface area contributed by atoms with Gasteiger partial charge in [-0.2, -0.15) is 0 Å². The van der Waals surface area contributed by atoms with Gasteiger partial charge in [0.05, 0.1) is 0 Å². The van der Waals surface area contributed by atoms with Crippen molar-refractivity contribution in [2.24, 2.45) is 11.8 Å². The van der Waals surface area contributed by atoms with Gasteiger partial charge in [-0.15, -0.1) is 0 Å². The van der Waals surface area contributed by atoms with Gasteiger partial charge in [-0.05, 0) is 18.8 Å². The monoisotopic (exact) mass is 170 g/mol. The maximum atomic E-state index is 11.4. The minimum atomic E-state index is 0.157. The van der Waals surface area contributed by atoms with Crippen LogP contribution in [0.2, 0.25) is 0 Å². The standard InChI is InChI=1S/C9H18N2O/c1-7(8-5-4-6-8)9(12)10-11(2)3/h7-8H,4-6H2,1-3H3,(H,10,12). The second-order valence-electron chi connectivity index (χ2n) is 3.85. The second kappa shape index (κ2) is 3.90. The van der Waals surface area contributed by atoms with E-state index in [2.05, 4.69) is 5.43 Å². The fourth-order valence-electron chi connectivity index (χ4n) is 1.48. The lowest BCUT2D eigenvalue weighted by Crippen LogP contribution is -2.42. The molecule has 1 saturated carbocycles. The van der Waals surface area contributed by atoms with Crippen molar-refractivity contribution in [2.45, 2.75) is 26.2 Å². The zero-order valence-corrected chi connectivity index (χ0v) is 8.13. The van der Waals surface area contributed by atoms with E-state index >= 15 is 0 Å². The molecule has 0 saturated heterocycles. The van der Waals surface area contributed by atoms with E-state index in [1.807, 2.05) is 21.0 Å². The van der Waals surface area contributed by atoms with E-state index in [9.17, 15) is 4.79 Å². The molecule has 0 spiro atoms. The third kappa shape index (κ3) is 2.21. The Bertz CT molecular complexity index is 164. The highest BCUT2D eigenvalue weighted by Gasteiger charge is 2.28. The molecule has 1 fully saturated rings. The molecule has 12 heavy (non-hydrogen) atoms. The predicted molar refractivity (Wildman–Crippen MR) is 48.3 cm³/mol. The van der Waals surface area contributed by atoms with Crippen LogP contribution in [-0.4, -0.2) is 25.0 Å². The van der Waals surface area contributed by atoms with E-state index in [0.29, 0.717) is 5.92 Å². The summed E-state index contributed by atoms with van der Waals surface area (Å²) in [4.78, 5) is 11.4. The first kappa shape index (κ1) is 9.52. The zero-order valence-electron chi connectivity index (χ0n) is 8.13. The quantitative estimate of drug-likeness (QED) is 0.641. The van der Waals surface area contributed by atoms with Crippen LogP contribution in [0.25, 0.3) is 0 Å². The summed E-state index contributed by atoms with van der Waals surface area (Å²) in [5, 5.41) is 1.71. The fraction of sp³-hybridized carbons (Fsp3) is 0.889. The van der Waals surface area contributed by atoms with E-state index in [1.165, 1.54) is 19.3 Å². The summed E-state index contributed by atoms with van der Waals surface area (Å²) >= 11 is 0. The third-order valence-corrected chi connectivity index (χ3v) is 2.60. The number of hydrazine groups is 1. The van der Waals surface area contributed by atoms with Crippen molar-refractivity contribution < 1.29 is 4.79 Å². The Morgan fingerprint density at radius 1 is 1.50 bits per heavy atom. The van der Waals surface area contributed by atoms with Crippen LogP contribution < -0.4 is 5.43 Å². The Kier molecular flexibility index (Phi) is 3.09. The van der Waals surface area contributed by atoms with Gasteiger partial charge in [-0.3, -0.25) is 10.2 Å². The number of amides is 1. The summed E-state index contributed by atoms with van der Waals surface area (Å²) in [6, 6.07) is 0. The van der Waals surface area contributed by atoms with Gasteiger partial charge in [0.2, 0.25) is 5.91 Å². The number of nitrogens with zero attached hydrogens (tertiary/aromatic N) is 1. The molecule has 3 heteroatoms. The highest BCUT2D eigenvalue weighted by Crippen LogP contribution is 2.33. The fourth-order valence-corrected chi connectivity index (χ4v) is 1.48. The number of rotatable bonds is 3. The van der Waals surface area contributed by atoms with Crippen LogP contribution in [0.5, 0.6) is 0 Å². The lowest BCUT2D eigenvalue weighted by molar-refractivity contribution is -0.131. The first-order valence-electron chi connectivity index (χ1n) is 4.59. The van der Waals surface area contributed by atoms with Crippen LogP contribution in [0.3, 0.4) is 0 Å². The summed E-state index contributed by atoms with van der Waals surface area (Å²) in [5.41, 5.74) is 2.79. The van der Waals surface area contributed by atoms with E-state index in [0.717, 1.165) is 0 Å². The molecule has 0 aromatic carbocycles. The normalized spacial score (nSPS) is 20.3. The Labute approximate surface area is 74.1 Å². The Hall–Kier alpha value is -0.570. The molecule has 1 atom stereocenters.